The zero-order chi connectivity index (χ0) is 20.9. The van der Waals surface area contributed by atoms with Crippen LogP contribution in [0.25, 0.3) is 0 Å². The molecule has 2 saturated heterocycles. The van der Waals surface area contributed by atoms with Crippen LogP contribution in [0.3, 0.4) is 0 Å². The van der Waals surface area contributed by atoms with Gasteiger partial charge < -0.3 is 9.47 Å². The molecule has 0 amide bonds. The van der Waals surface area contributed by atoms with Crippen molar-refractivity contribution >= 4 is 24.2 Å². The molecule has 2 unspecified atom stereocenters. The molecule has 162 valence electrons. The molecule has 0 aromatic heterocycles. The van der Waals surface area contributed by atoms with E-state index < -0.39 is 6.46 Å². The van der Waals surface area contributed by atoms with Gasteiger partial charge in [-0.3, -0.25) is 0 Å². The molecule has 3 nitrogen and oxygen atoms in total. The Hall–Kier alpha value is -0.730. The van der Waals surface area contributed by atoms with Gasteiger partial charge in [0.2, 0.25) is 0 Å². The molecular formula is C24H38O3PS+. The summed E-state index contributed by atoms with van der Waals surface area (Å²) in [6.07, 6.45) is 11.4. The first-order valence-corrected chi connectivity index (χ1v) is 14.7. The molecule has 0 N–H and O–H groups in total. The van der Waals surface area contributed by atoms with E-state index in [0.717, 1.165) is 42.6 Å². The highest BCUT2D eigenvalue weighted by molar-refractivity contribution is 8.59. The zero-order valence-electron chi connectivity index (χ0n) is 18.4. The third-order valence-electron chi connectivity index (χ3n) is 6.61. The van der Waals surface area contributed by atoms with Crippen LogP contribution in [0.15, 0.2) is 12.1 Å². The maximum absolute atomic E-state index is 14.0. The maximum Gasteiger partial charge on any atom is 0.313 e. The molecule has 0 spiro atoms. The van der Waals surface area contributed by atoms with Gasteiger partial charge in [0, 0.05) is 18.3 Å². The van der Waals surface area contributed by atoms with Gasteiger partial charge in [0.15, 0.2) is 6.46 Å². The van der Waals surface area contributed by atoms with E-state index in [2.05, 4.69) is 13.8 Å². The number of hydrogen-bond acceptors (Lipinski definition) is 4. The Bertz CT molecular complexity index is 692. The Morgan fingerprint density at radius 3 is 2.17 bits per heavy atom. The number of hydrogen-bond donors (Lipinski definition) is 1. The second-order valence-electron chi connectivity index (χ2n) is 8.73. The van der Waals surface area contributed by atoms with Crippen molar-refractivity contribution in [3.05, 3.63) is 23.3 Å². The summed E-state index contributed by atoms with van der Waals surface area (Å²) in [5.74, 6) is 1.53. The van der Waals surface area contributed by atoms with Crippen LogP contribution >= 0.6 is 18.7 Å². The van der Waals surface area contributed by atoms with E-state index in [4.69, 9.17) is 21.7 Å². The maximum atomic E-state index is 14.0. The van der Waals surface area contributed by atoms with Crippen molar-refractivity contribution in [1.82, 2.24) is 0 Å². The van der Waals surface area contributed by atoms with Crippen molar-refractivity contribution in [3.8, 4) is 11.5 Å². The van der Waals surface area contributed by atoms with Crippen LogP contribution in [0.5, 0.6) is 11.5 Å². The molecule has 0 aliphatic carbocycles. The first-order chi connectivity index (χ1) is 14.0. The summed E-state index contributed by atoms with van der Waals surface area (Å²) < 4.78 is 12.1. The Kier molecular flexibility index (Phi) is 8.33. The second-order valence-corrected chi connectivity index (χ2v) is 14.1. The van der Waals surface area contributed by atoms with Crippen molar-refractivity contribution in [2.75, 3.05) is 13.2 Å². The Balaban J connectivity index is 1.94. The Morgan fingerprint density at radius 2 is 1.59 bits per heavy atom. The van der Waals surface area contributed by atoms with Crippen molar-refractivity contribution in [3.63, 3.8) is 0 Å². The molecular weight excluding hydrogens is 399 g/mol. The molecule has 2 aliphatic heterocycles. The van der Waals surface area contributed by atoms with Gasteiger partial charge in [-0.15, -0.1) is 0 Å². The van der Waals surface area contributed by atoms with Crippen LogP contribution in [0.1, 0.15) is 94.0 Å². The van der Waals surface area contributed by atoms with Crippen LogP contribution in [0, 0.1) is 6.92 Å². The zero-order valence-corrected chi connectivity index (χ0v) is 20.2. The molecule has 3 rings (SSSR count). The average molecular weight is 438 g/mol. The van der Waals surface area contributed by atoms with E-state index in [0.29, 0.717) is 35.8 Å². The monoisotopic (exact) mass is 437 g/mol. The first-order valence-electron chi connectivity index (χ1n) is 11.6. The molecule has 2 atom stereocenters. The van der Waals surface area contributed by atoms with Crippen LogP contribution in [0.2, 0.25) is 0 Å². The second kappa shape index (κ2) is 10.5. The third-order valence-corrected chi connectivity index (χ3v) is 13.2. The van der Waals surface area contributed by atoms with Gasteiger partial charge >= 0.3 is 5.52 Å². The number of thiol groups is 1. The van der Waals surface area contributed by atoms with Crippen molar-refractivity contribution < 1.29 is 14.3 Å². The van der Waals surface area contributed by atoms with Crippen molar-refractivity contribution in [1.29, 1.82) is 0 Å². The van der Waals surface area contributed by atoms with Crippen LogP contribution in [-0.4, -0.2) is 30.1 Å². The minimum Gasteiger partial charge on any atom is -0.493 e. The topological polar surface area (TPSA) is 35.5 Å². The average Bonchev–Trinajstić information content (AvgIpc) is 2.89. The number of carbonyl (C=O) groups excluding carboxylic acids is 1. The smallest absolute Gasteiger partial charge is 0.313 e. The fraction of sp³-hybridized carbons (Fsp3) is 0.708. The van der Waals surface area contributed by atoms with Crippen LogP contribution in [-0.2, 0) is 0 Å². The lowest BCUT2D eigenvalue weighted by Crippen LogP contribution is -2.19. The number of rotatable bonds is 10. The third kappa shape index (κ3) is 4.96. The largest absolute Gasteiger partial charge is 0.493 e. The highest BCUT2D eigenvalue weighted by Gasteiger charge is 2.62. The van der Waals surface area contributed by atoms with E-state index >= 15 is 0 Å². The minimum atomic E-state index is -1.99. The summed E-state index contributed by atoms with van der Waals surface area (Å²) in [7, 11) is 0. The lowest BCUT2D eigenvalue weighted by atomic mass is 10.0. The normalized spacial score (nSPS) is 26.2. The molecule has 1 aromatic rings. The molecule has 5 heteroatoms. The molecule has 0 radical (unpaired) electrons. The molecule has 1 aromatic carbocycles. The van der Waals surface area contributed by atoms with E-state index in [-0.39, 0.29) is 0 Å². The first kappa shape index (κ1) is 22.9. The van der Waals surface area contributed by atoms with Crippen molar-refractivity contribution in [2.24, 2.45) is 0 Å². The van der Waals surface area contributed by atoms with Gasteiger partial charge in [0.05, 0.1) is 24.5 Å². The van der Waals surface area contributed by atoms with Gasteiger partial charge in [-0.25, -0.2) is 4.79 Å². The highest BCUT2D eigenvalue weighted by Crippen LogP contribution is 2.81. The van der Waals surface area contributed by atoms with Crippen LogP contribution < -0.4 is 9.47 Å². The number of ether oxygens (including phenoxy) is 2. The summed E-state index contributed by atoms with van der Waals surface area (Å²) in [4.78, 5) is 14.0. The molecule has 2 fully saturated rings. The number of carbonyl (C=O) groups is 1. The Labute approximate surface area is 182 Å². The fourth-order valence-corrected chi connectivity index (χ4v) is 10.7. The summed E-state index contributed by atoms with van der Waals surface area (Å²) in [5.41, 5.74) is 3.04. The number of benzene rings is 1. The SMILES string of the molecule is CCCCOc1cc(C)c(C(=O)[P+]2(S)C3CCCCC2CC3)c(OCCCC)c1. The molecule has 2 bridgehead atoms. The summed E-state index contributed by atoms with van der Waals surface area (Å²) in [6.45, 7) is 5.70. The minimum absolute atomic E-state index is 0.291. The highest BCUT2D eigenvalue weighted by atomic mass is 32.7. The summed E-state index contributed by atoms with van der Waals surface area (Å²) in [6, 6.07) is 3.97. The summed E-state index contributed by atoms with van der Waals surface area (Å²) >= 11 is 5.25. The van der Waals surface area contributed by atoms with Crippen LogP contribution in [0.4, 0.5) is 0 Å². The molecule has 29 heavy (non-hydrogen) atoms. The fourth-order valence-electron chi connectivity index (χ4n) is 4.88. The van der Waals surface area contributed by atoms with E-state index in [9.17, 15) is 4.79 Å². The molecule has 2 heterocycles. The number of fused-ring (bicyclic) bond motifs is 2. The molecule has 0 saturated carbocycles. The van der Waals surface area contributed by atoms with E-state index in [1.807, 2.05) is 19.1 Å². The van der Waals surface area contributed by atoms with Gasteiger partial charge in [-0.1, -0.05) is 26.7 Å². The van der Waals surface area contributed by atoms with E-state index in [1.54, 1.807) is 0 Å². The quantitative estimate of drug-likeness (QED) is 0.234. The predicted octanol–water partition coefficient (Wildman–Crippen LogP) is 7.46. The van der Waals surface area contributed by atoms with E-state index in [1.165, 1.54) is 38.5 Å². The van der Waals surface area contributed by atoms with Crippen molar-refractivity contribution in [2.45, 2.75) is 96.3 Å². The van der Waals surface area contributed by atoms with Gasteiger partial charge in [-0.05, 0) is 69.9 Å². The number of aryl methyl sites for hydroxylation is 1. The Morgan fingerprint density at radius 1 is 1.00 bits per heavy atom. The lowest BCUT2D eigenvalue weighted by Gasteiger charge is -2.26. The summed E-state index contributed by atoms with van der Waals surface area (Å²) in [5, 5.41) is 0. The standard InChI is InChI=1S/C24H38O3PS/c1-4-6-14-26-19-16-18(3)23(22(17-19)27-15-7-5-2)24(25)28(29)20-10-8-9-11-21(28)13-12-20/h16-17,20-21,29H,4-15H2,1-3H3/q+1. The molecule has 2 aliphatic rings. The van der Waals surface area contributed by atoms with Gasteiger partial charge in [0.25, 0.3) is 0 Å². The lowest BCUT2D eigenvalue weighted by molar-refractivity contribution is 0.107. The van der Waals surface area contributed by atoms with Gasteiger partial charge in [-0.2, -0.15) is 0 Å². The predicted molar refractivity (Wildman–Crippen MR) is 127 cm³/mol. The number of unbranched alkanes of at least 4 members (excludes halogenated alkanes) is 2. The van der Waals surface area contributed by atoms with Gasteiger partial charge in [0.1, 0.15) is 17.1 Å².